The fourth-order valence-corrected chi connectivity index (χ4v) is 2.85. The van der Waals surface area contributed by atoms with Gasteiger partial charge in [0.25, 0.3) is 5.91 Å². The molecule has 0 saturated carbocycles. The third kappa shape index (κ3) is 3.13. The van der Waals surface area contributed by atoms with E-state index in [1.165, 1.54) is 0 Å². The molecule has 1 aromatic heterocycles. The maximum atomic E-state index is 12.5. The van der Waals surface area contributed by atoms with Crippen molar-refractivity contribution >= 4 is 17.4 Å². The highest BCUT2D eigenvalue weighted by atomic mass is 16.3. The molecule has 0 aliphatic carbocycles. The molecular formula is C18H20N2O3. The predicted octanol–water partition coefficient (Wildman–Crippen LogP) is 2.75. The molecule has 0 radical (unpaired) electrons. The van der Waals surface area contributed by atoms with Gasteiger partial charge in [-0.15, -0.1) is 0 Å². The molecule has 0 spiro atoms. The van der Waals surface area contributed by atoms with Crippen molar-refractivity contribution in [3.63, 3.8) is 0 Å². The summed E-state index contributed by atoms with van der Waals surface area (Å²) in [5, 5.41) is 0. The molecule has 23 heavy (non-hydrogen) atoms. The number of piperazine rings is 1. The van der Waals surface area contributed by atoms with Crippen LogP contribution in [0.5, 0.6) is 0 Å². The maximum absolute atomic E-state index is 12.5. The number of furan rings is 1. The number of aryl methyl sites for hydroxylation is 1. The first kappa shape index (κ1) is 15.3. The summed E-state index contributed by atoms with van der Waals surface area (Å²) in [6.45, 7) is 6.29. The smallest absolute Gasteiger partial charge is 0.257 e. The van der Waals surface area contributed by atoms with Gasteiger partial charge in [0, 0.05) is 37.4 Å². The third-order valence-corrected chi connectivity index (χ3v) is 4.30. The van der Waals surface area contributed by atoms with Crippen LogP contribution in [-0.4, -0.2) is 42.8 Å². The van der Waals surface area contributed by atoms with Crippen molar-refractivity contribution in [2.75, 3.05) is 31.1 Å². The zero-order valence-corrected chi connectivity index (χ0v) is 13.4. The number of hydrogen-bond acceptors (Lipinski definition) is 4. The van der Waals surface area contributed by atoms with Gasteiger partial charge in [0.15, 0.2) is 5.78 Å². The molecular weight excluding hydrogens is 292 g/mol. The number of carbonyl (C=O) groups is 2. The average molecular weight is 312 g/mol. The minimum Gasteiger partial charge on any atom is -0.469 e. The molecule has 1 amide bonds. The molecule has 2 aromatic rings. The summed E-state index contributed by atoms with van der Waals surface area (Å²) in [5.41, 5.74) is 2.45. The fraction of sp³-hybridized carbons (Fsp3) is 0.333. The van der Waals surface area contributed by atoms with Crippen LogP contribution in [0.2, 0.25) is 0 Å². The normalized spacial score (nSPS) is 14.9. The van der Waals surface area contributed by atoms with Gasteiger partial charge in [-0.2, -0.15) is 0 Å². The molecule has 5 heteroatoms. The lowest BCUT2D eigenvalue weighted by Crippen LogP contribution is -2.48. The highest BCUT2D eigenvalue weighted by molar-refractivity contribution is 5.95. The van der Waals surface area contributed by atoms with Crippen molar-refractivity contribution in [1.29, 1.82) is 0 Å². The maximum Gasteiger partial charge on any atom is 0.257 e. The number of ketones is 1. The third-order valence-electron chi connectivity index (χ3n) is 4.30. The Balaban J connectivity index is 1.63. The molecule has 0 atom stereocenters. The van der Waals surface area contributed by atoms with Gasteiger partial charge >= 0.3 is 0 Å². The Labute approximate surface area is 135 Å². The average Bonchev–Trinajstić information content (AvgIpc) is 3.00. The first-order valence-corrected chi connectivity index (χ1v) is 7.75. The zero-order valence-electron chi connectivity index (χ0n) is 13.4. The lowest BCUT2D eigenvalue weighted by atomic mass is 10.1. The van der Waals surface area contributed by atoms with Crippen LogP contribution < -0.4 is 4.90 Å². The molecule has 2 heterocycles. The van der Waals surface area contributed by atoms with Gasteiger partial charge in [-0.05, 0) is 44.2 Å². The molecule has 1 aliphatic heterocycles. The zero-order chi connectivity index (χ0) is 16.4. The highest BCUT2D eigenvalue weighted by Crippen LogP contribution is 2.19. The monoisotopic (exact) mass is 312 g/mol. The first-order chi connectivity index (χ1) is 11.1. The Kier molecular flexibility index (Phi) is 4.19. The number of Topliss-reactive ketones (excluding diaryl/α,β-unsaturated/α-hetero) is 1. The largest absolute Gasteiger partial charge is 0.469 e. The van der Waals surface area contributed by atoms with Crippen LogP contribution in [0.4, 0.5) is 5.69 Å². The number of benzene rings is 1. The van der Waals surface area contributed by atoms with Crippen molar-refractivity contribution < 1.29 is 14.0 Å². The minimum absolute atomic E-state index is 0.0304. The molecule has 1 aliphatic rings. The first-order valence-electron chi connectivity index (χ1n) is 7.75. The summed E-state index contributed by atoms with van der Waals surface area (Å²) >= 11 is 0. The Morgan fingerprint density at radius 2 is 1.65 bits per heavy atom. The van der Waals surface area contributed by atoms with E-state index >= 15 is 0 Å². The number of carbonyl (C=O) groups excluding carboxylic acids is 2. The van der Waals surface area contributed by atoms with E-state index < -0.39 is 0 Å². The van der Waals surface area contributed by atoms with E-state index in [0.29, 0.717) is 24.4 Å². The van der Waals surface area contributed by atoms with Gasteiger partial charge in [0.05, 0.1) is 11.8 Å². The Hall–Kier alpha value is -2.56. The van der Waals surface area contributed by atoms with Gasteiger partial charge < -0.3 is 14.2 Å². The van der Waals surface area contributed by atoms with Crippen molar-refractivity contribution in [2.24, 2.45) is 0 Å². The molecule has 120 valence electrons. The van der Waals surface area contributed by atoms with Crippen LogP contribution in [0.3, 0.4) is 0 Å². The van der Waals surface area contributed by atoms with E-state index in [-0.39, 0.29) is 11.7 Å². The SMILES string of the molecule is CC(=O)c1ccc(N2CCN(C(=O)c3ccoc3C)CC2)cc1. The lowest BCUT2D eigenvalue weighted by Gasteiger charge is -2.36. The van der Waals surface area contributed by atoms with E-state index in [4.69, 9.17) is 4.42 Å². The second-order valence-electron chi connectivity index (χ2n) is 5.77. The fourth-order valence-electron chi connectivity index (χ4n) is 2.85. The van der Waals surface area contributed by atoms with Gasteiger partial charge in [-0.25, -0.2) is 0 Å². The number of anilines is 1. The summed E-state index contributed by atoms with van der Waals surface area (Å²) in [5.74, 6) is 0.766. The minimum atomic E-state index is 0.0304. The summed E-state index contributed by atoms with van der Waals surface area (Å²) in [7, 11) is 0. The Morgan fingerprint density at radius 1 is 1.00 bits per heavy atom. The second kappa shape index (κ2) is 6.28. The van der Waals surface area contributed by atoms with Gasteiger partial charge in [-0.1, -0.05) is 0 Å². The molecule has 1 aromatic carbocycles. The van der Waals surface area contributed by atoms with E-state index in [1.807, 2.05) is 29.2 Å². The summed E-state index contributed by atoms with van der Waals surface area (Å²) < 4.78 is 5.21. The molecule has 5 nitrogen and oxygen atoms in total. The molecule has 0 N–H and O–H groups in total. The molecule has 3 rings (SSSR count). The summed E-state index contributed by atoms with van der Waals surface area (Å²) in [6, 6.07) is 9.36. The Morgan fingerprint density at radius 3 is 2.17 bits per heavy atom. The van der Waals surface area contributed by atoms with Crippen molar-refractivity contribution in [1.82, 2.24) is 4.90 Å². The summed E-state index contributed by atoms with van der Waals surface area (Å²) in [4.78, 5) is 27.9. The number of nitrogens with zero attached hydrogens (tertiary/aromatic N) is 2. The van der Waals surface area contributed by atoms with Crippen LogP contribution in [0.1, 0.15) is 33.4 Å². The van der Waals surface area contributed by atoms with Gasteiger partial charge in [0.2, 0.25) is 0 Å². The molecule has 0 unspecified atom stereocenters. The standard InChI is InChI=1S/C18H20N2O3/c1-13(21)15-3-5-16(6-4-15)19-8-10-20(11-9-19)18(22)17-7-12-23-14(17)2/h3-7,12H,8-11H2,1-2H3. The van der Waals surface area contributed by atoms with Gasteiger partial charge in [0.1, 0.15) is 5.76 Å². The topological polar surface area (TPSA) is 53.8 Å². The van der Waals surface area contributed by atoms with Crippen LogP contribution in [0.25, 0.3) is 0 Å². The van der Waals surface area contributed by atoms with Crippen LogP contribution in [0, 0.1) is 6.92 Å². The Bertz CT molecular complexity index is 710. The van der Waals surface area contributed by atoms with E-state index in [0.717, 1.165) is 24.3 Å². The van der Waals surface area contributed by atoms with Gasteiger partial charge in [-0.3, -0.25) is 9.59 Å². The van der Waals surface area contributed by atoms with E-state index in [2.05, 4.69) is 4.90 Å². The van der Waals surface area contributed by atoms with Crippen LogP contribution in [0.15, 0.2) is 41.0 Å². The lowest BCUT2D eigenvalue weighted by molar-refractivity contribution is 0.0744. The number of amides is 1. The molecule has 1 fully saturated rings. The van der Waals surface area contributed by atoms with Crippen molar-refractivity contribution in [2.45, 2.75) is 13.8 Å². The summed E-state index contributed by atoms with van der Waals surface area (Å²) in [6.07, 6.45) is 1.55. The van der Waals surface area contributed by atoms with Crippen molar-refractivity contribution in [3.8, 4) is 0 Å². The quantitative estimate of drug-likeness (QED) is 0.818. The molecule has 1 saturated heterocycles. The second-order valence-corrected chi connectivity index (χ2v) is 5.77. The highest BCUT2D eigenvalue weighted by Gasteiger charge is 2.24. The predicted molar refractivity (Wildman–Crippen MR) is 88.0 cm³/mol. The van der Waals surface area contributed by atoms with Crippen molar-refractivity contribution in [3.05, 3.63) is 53.5 Å². The number of rotatable bonds is 3. The van der Waals surface area contributed by atoms with E-state index in [1.54, 1.807) is 26.2 Å². The number of hydrogen-bond donors (Lipinski definition) is 0. The van der Waals surface area contributed by atoms with E-state index in [9.17, 15) is 9.59 Å². The molecule has 0 bridgehead atoms. The van der Waals surface area contributed by atoms with Crippen LogP contribution in [-0.2, 0) is 0 Å². The van der Waals surface area contributed by atoms with Crippen LogP contribution >= 0.6 is 0 Å².